The molecule has 210 valence electrons. The second-order valence-electron chi connectivity index (χ2n) is 10.5. The topological polar surface area (TPSA) is 82.1 Å². The van der Waals surface area contributed by atoms with E-state index in [0.29, 0.717) is 13.2 Å². The number of hydrogen-bond donors (Lipinski definition) is 1. The van der Waals surface area contributed by atoms with E-state index in [1.165, 1.54) is 11.6 Å². The van der Waals surface area contributed by atoms with E-state index >= 15 is 0 Å². The van der Waals surface area contributed by atoms with Crippen molar-refractivity contribution in [2.75, 3.05) is 13.2 Å². The zero-order valence-electron chi connectivity index (χ0n) is 22.5. The SMILES string of the molecule is CC(Oc1cccc([S+](c2ccc(C(C)(C)C)cc2)c2ccc(C3(C)OCCO3)cc2)c1)C(F)(F)S(=O)(=O)O. The second-order valence-corrected chi connectivity index (χ2v) is 14.0. The maximum Gasteiger partial charge on any atom is 0.405 e. The summed E-state index contributed by atoms with van der Waals surface area (Å²) in [6.45, 7) is 10.2. The van der Waals surface area contributed by atoms with Crippen LogP contribution in [0.1, 0.15) is 45.7 Å². The minimum absolute atomic E-state index is 0.0301. The Balaban J connectivity index is 1.73. The van der Waals surface area contributed by atoms with E-state index in [1.807, 2.05) is 37.3 Å². The number of benzene rings is 3. The first-order valence-electron chi connectivity index (χ1n) is 12.5. The van der Waals surface area contributed by atoms with E-state index < -0.39 is 38.2 Å². The maximum absolute atomic E-state index is 14.1. The van der Waals surface area contributed by atoms with Crippen LogP contribution in [0.2, 0.25) is 0 Å². The fourth-order valence-electron chi connectivity index (χ4n) is 4.23. The Hall–Kier alpha value is -2.50. The Morgan fingerprint density at radius 2 is 1.46 bits per heavy atom. The molecule has 0 spiro atoms. The summed E-state index contributed by atoms with van der Waals surface area (Å²) in [7, 11) is -6.30. The molecule has 3 aromatic carbocycles. The number of ether oxygens (including phenoxy) is 3. The molecule has 0 aliphatic carbocycles. The summed E-state index contributed by atoms with van der Waals surface area (Å²) in [5, 5.41) is -4.47. The zero-order chi connectivity index (χ0) is 28.6. The fourth-order valence-corrected chi connectivity index (χ4v) is 6.78. The van der Waals surface area contributed by atoms with E-state index in [9.17, 15) is 17.2 Å². The summed E-state index contributed by atoms with van der Waals surface area (Å²) >= 11 is 0. The van der Waals surface area contributed by atoms with Gasteiger partial charge in [-0.05, 0) is 73.4 Å². The van der Waals surface area contributed by atoms with Gasteiger partial charge < -0.3 is 14.2 Å². The van der Waals surface area contributed by atoms with Crippen LogP contribution in [-0.4, -0.2) is 37.5 Å². The van der Waals surface area contributed by atoms with Gasteiger partial charge >= 0.3 is 15.4 Å². The number of alkyl halides is 2. The summed E-state index contributed by atoms with van der Waals surface area (Å²) in [5.41, 5.74) is 2.03. The van der Waals surface area contributed by atoms with Crippen LogP contribution < -0.4 is 4.74 Å². The highest BCUT2D eigenvalue weighted by Crippen LogP contribution is 2.37. The Labute approximate surface area is 231 Å². The molecule has 0 amide bonds. The molecule has 4 rings (SSSR count). The minimum Gasteiger partial charge on any atom is -0.483 e. The van der Waals surface area contributed by atoms with Crippen LogP contribution in [-0.2, 0) is 41.7 Å². The average Bonchev–Trinajstić information content (AvgIpc) is 3.31. The van der Waals surface area contributed by atoms with Gasteiger partial charge in [0.05, 0.1) is 24.1 Å². The third-order valence-corrected chi connectivity index (χ3v) is 9.81. The molecule has 0 radical (unpaired) electrons. The molecule has 39 heavy (non-hydrogen) atoms. The van der Waals surface area contributed by atoms with Crippen LogP contribution in [0, 0.1) is 0 Å². The molecule has 2 atom stereocenters. The summed E-state index contributed by atoms with van der Waals surface area (Å²) in [6.07, 6.45) is -2.11. The third-order valence-electron chi connectivity index (χ3n) is 6.58. The first kappa shape index (κ1) is 29.5. The predicted molar refractivity (Wildman–Crippen MR) is 146 cm³/mol. The summed E-state index contributed by atoms with van der Waals surface area (Å²) in [5.74, 6) is -0.753. The number of halogens is 2. The lowest BCUT2D eigenvalue weighted by atomic mass is 9.87. The van der Waals surface area contributed by atoms with Crippen molar-refractivity contribution in [2.45, 2.75) is 71.9 Å². The molecule has 1 N–H and O–H groups in total. The van der Waals surface area contributed by atoms with Crippen molar-refractivity contribution in [3.8, 4) is 5.75 Å². The molecule has 0 aromatic heterocycles. The molecule has 6 nitrogen and oxygen atoms in total. The Kier molecular flexibility index (Phi) is 8.18. The monoisotopic (exact) mass is 579 g/mol. The third kappa shape index (κ3) is 6.30. The van der Waals surface area contributed by atoms with E-state index in [0.717, 1.165) is 27.2 Å². The van der Waals surface area contributed by atoms with Crippen LogP contribution in [0.5, 0.6) is 5.75 Å². The fraction of sp³-hybridized carbons (Fsp3) is 0.379. The lowest BCUT2D eigenvalue weighted by molar-refractivity contribution is -0.149. The predicted octanol–water partition coefficient (Wildman–Crippen LogP) is 6.55. The molecule has 1 aliphatic heterocycles. The van der Waals surface area contributed by atoms with Gasteiger partial charge in [-0.25, -0.2) is 0 Å². The Bertz CT molecular complexity index is 1390. The lowest BCUT2D eigenvalue weighted by Gasteiger charge is -2.23. The number of rotatable bonds is 8. The van der Waals surface area contributed by atoms with Gasteiger partial charge in [0.15, 0.2) is 26.6 Å². The summed E-state index contributed by atoms with van der Waals surface area (Å²) in [6, 6.07) is 22.8. The standard InChI is InChI=1S/C29H32F2O6S2/c1-20(29(30,31)39(32,33)34)37-23-7-6-8-26(19-23)38(24-13-9-21(10-14-24)27(2,3)4)25-15-11-22(12-16-25)28(5)35-17-18-36-28/h6-16,19-20H,17-18H2,1-5H3/p+1. The molecule has 0 bridgehead atoms. The zero-order valence-corrected chi connectivity index (χ0v) is 24.1. The van der Waals surface area contributed by atoms with E-state index in [4.69, 9.17) is 18.8 Å². The minimum atomic E-state index is -5.64. The molecule has 10 heteroatoms. The van der Waals surface area contributed by atoms with Crippen molar-refractivity contribution in [1.82, 2.24) is 0 Å². The molecule has 1 heterocycles. The highest BCUT2D eigenvalue weighted by Gasteiger charge is 2.51. The van der Waals surface area contributed by atoms with Crippen molar-refractivity contribution >= 4 is 21.0 Å². The van der Waals surface area contributed by atoms with E-state index in [2.05, 4.69) is 45.0 Å². The molecule has 1 aliphatic rings. The van der Waals surface area contributed by atoms with Gasteiger partial charge in [0.2, 0.25) is 0 Å². The van der Waals surface area contributed by atoms with Crippen LogP contribution in [0.3, 0.4) is 0 Å². The molecule has 3 aromatic rings. The van der Waals surface area contributed by atoms with Gasteiger partial charge in [-0.1, -0.05) is 39.0 Å². The normalized spacial score (nSPS) is 17.5. The van der Waals surface area contributed by atoms with Gasteiger partial charge in [0, 0.05) is 11.6 Å². The van der Waals surface area contributed by atoms with Crippen molar-refractivity contribution in [2.24, 2.45) is 0 Å². The van der Waals surface area contributed by atoms with Gasteiger partial charge in [-0.15, -0.1) is 0 Å². The maximum atomic E-state index is 14.1. The quantitative estimate of drug-likeness (QED) is 0.241. The van der Waals surface area contributed by atoms with E-state index in [1.54, 1.807) is 12.1 Å². The lowest BCUT2D eigenvalue weighted by Crippen LogP contribution is -2.42. The number of hydrogen-bond acceptors (Lipinski definition) is 5. The smallest absolute Gasteiger partial charge is 0.405 e. The second kappa shape index (κ2) is 10.8. The van der Waals surface area contributed by atoms with Gasteiger partial charge in [-0.3, -0.25) is 4.55 Å². The molecule has 2 unspecified atom stereocenters. The molecular weight excluding hydrogens is 546 g/mol. The summed E-state index contributed by atoms with van der Waals surface area (Å²) in [4.78, 5) is 2.76. The summed E-state index contributed by atoms with van der Waals surface area (Å²) < 4.78 is 76.5. The molecule has 1 saturated heterocycles. The van der Waals surface area contributed by atoms with Crippen molar-refractivity contribution < 1.29 is 36.0 Å². The van der Waals surface area contributed by atoms with Gasteiger partial charge in [0.1, 0.15) is 5.75 Å². The Morgan fingerprint density at radius 1 is 0.923 bits per heavy atom. The van der Waals surface area contributed by atoms with Gasteiger partial charge in [0.25, 0.3) is 0 Å². The van der Waals surface area contributed by atoms with Crippen LogP contribution >= 0.6 is 0 Å². The average molecular weight is 580 g/mol. The van der Waals surface area contributed by atoms with Crippen molar-refractivity contribution in [3.63, 3.8) is 0 Å². The molecular formula is C29H33F2O6S2+. The van der Waals surface area contributed by atoms with Gasteiger partial charge in [-0.2, -0.15) is 17.2 Å². The van der Waals surface area contributed by atoms with Crippen LogP contribution in [0.25, 0.3) is 0 Å². The van der Waals surface area contributed by atoms with Crippen LogP contribution in [0.4, 0.5) is 8.78 Å². The van der Waals surface area contributed by atoms with Crippen LogP contribution in [0.15, 0.2) is 87.5 Å². The van der Waals surface area contributed by atoms with Crippen molar-refractivity contribution in [3.05, 3.63) is 83.9 Å². The molecule has 1 fully saturated rings. The van der Waals surface area contributed by atoms with E-state index in [-0.39, 0.29) is 11.2 Å². The first-order chi connectivity index (χ1) is 18.1. The first-order valence-corrected chi connectivity index (χ1v) is 15.1. The highest BCUT2D eigenvalue weighted by atomic mass is 32.2. The van der Waals surface area contributed by atoms with Crippen molar-refractivity contribution in [1.29, 1.82) is 0 Å². The Morgan fingerprint density at radius 3 is 1.97 bits per heavy atom. The highest BCUT2D eigenvalue weighted by molar-refractivity contribution is 7.97. The largest absolute Gasteiger partial charge is 0.483 e. The molecule has 0 saturated carbocycles.